The van der Waals surface area contributed by atoms with Crippen molar-refractivity contribution in [3.05, 3.63) is 48.2 Å². The van der Waals surface area contributed by atoms with E-state index in [1.165, 1.54) is 37.8 Å². The maximum atomic E-state index is 12.6. The van der Waals surface area contributed by atoms with Gasteiger partial charge in [-0.25, -0.2) is 4.98 Å². The molecule has 0 aliphatic heterocycles. The lowest BCUT2D eigenvalue weighted by atomic mass is 9.95. The van der Waals surface area contributed by atoms with Crippen LogP contribution in [0.1, 0.15) is 56.3 Å². The van der Waals surface area contributed by atoms with Crippen LogP contribution in [-0.4, -0.2) is 30.0 Å². The molecule has 0 radical (unpaired) electrons. The molecule has 0 saturated heterocycles. The summed E-state index contributed by atoms with van der Waals surface area (Å²) in [6.45, 7) is 6.22. The molecule has 2 N–H and O–H groups in total. The van der Waals surface area contributed by atoms with Crippen LogP contribution in [0.4, 0.5) is 17.2 Å². The number of carbonyl (C=O) groups excluding carboxylic acids is 1. The van der Waals surface area contributed by atoms with Gasteiger partial charge in [-0.15, -0.1) is 0 Å². The van der Waals surface area contributed by atoms with Gasteiger partial charge in [-0.05, 0) is 63.1 Å². The summed E-state index contributed by atoms with van der Waals surface area (Å²) < 4.78 is 0. The Bertz CT molecular complexity index is 734. The van der Waals surface area contributed by atoms with Gasteiger partial charge in [0.2, 0.25) is 0 Å². The standard InChI is InChI=1S/C22H30N4O/c1-3-26(4-2)20-12-10-19(11-13-20)25-22(27)17-14-15-23-21(16-17)24-18-8-6-5-7-9-18/h10-16,18H,3-9H2,1-2H3,(H,23,24)(H,25,27). The highest BCUT2D eigenvalue weighted by Gasteiger charge is 2.14. The first-order valence-corrected chi connectivity index (χ1v) is 10.1. The van der Waals surface area contributed by atoms with Crippen LogP contribution in [0.15, 0.2) is 42.6 Å². The Morgan fingerprint density at radius 2 is 1.78 bits per heavy atom. The zero-order valence-electron chi connectivity index (χ0n) is 16.4. The molecule has 1 amide bonds. The number of benzene rings is 1. The van der Waals surface area contributed by atoms with E-state index in [4.69, 9.17) is 0 Å². The van der Waals surface area contributed by atoms with Crippen molar-refractivity contribution in [3.63, 3.8) is 0 Å². The molecule has 1 aromatic carbocycles. The van der Waals surface area contributed by atoms with E-state index in [9.17, 15) is 4.79 Å². The van der Waals surface area contributed by atoms with Crippen LogP contribution in [0.2, 0.25) is 0 Å². The molecule has 1 fully saturated rings. The van der Waals surface area contributed by atoms with Crippen molar-refractivity contribution in [3.8, 4) is 0 Å². The summed E-state index contributed by atoms with van der Waals surface area (Å²) in [6, 6.07) is 12.1. The van der Waals surface area contributed by atoms with Gasteiger partial charge in [0.25, 0.3) is 5.91 Å². The molecule has 1 saturated carbocycles. The molecule has 0 unspecified atom stereocenters. The maximum Gasteiger partial charge on any atom is 0.255 e. The number of amides is 1. The third-order valence-corrected chi connectivity index (χ3v) is 5.23. The molecule has 2 aromatic rings. The van der Waals surface area contributed by atoms with Crippen LogP contribution in [0.3, 0.4) is 0 Å². The van der Waals surface area contributed by atoms with E-state index < -0.39 is 0 Å². The van der Waals surface area contributed by atoms with Crippen LogP contribution in [-0.2, 0) is 0 Å². The van der Waals surface area contributed by atoms with Crippen molar-refractivity contribution in [1.82, 2.24) is 4.98 Å². The molecule has 5 nitrogen and oxygen atoms in total. The van der Waals surface area contributed by atoms with Crippen molar-refractivity contribution in [2.45, 2.75) is 52.0 Å². The van der Waals surface area contributed by atoms with E-state index in [0.717, 1.165) is 24.6 Å². The minimum Gasteiger partial charge on any atom is -0.372 e. The minimum absolute atomic E-state index is 0.111. The first-order valence-electron chi connectivity index (χ1n) is 10.1. The van der Waals surface area contributed by atoms with Gasteiger partial charge in [-0.3, -0.25) is 4.79 Å². The van der Waals surface area contributed by atoms with Gasteiger partial charge in [0.15, 0.2) is 0 Å². The van der Waals surface area contributed by atoms with Crippen molar-refractivity contribution in [1.29, 1.82) is 0 Å². The summed E-state index contributed by atoms with van der Waals surface area (Å²) in [6.07, 6.45) is 7.90. The molecule has 5 heteroatoms. The second-order valence-electron chi connectivity index (χ2n) is 7.08. The van der Waals surface area contributed by atoms with Crippen LogP contribution in [0.5, 0.6) is 0 Å². The van der Waals surface area contributed by atoms with Crippen LogP contribution >= 0.6 is 0 Å². The summed E-state index contributed by atoms with van der Waals surface area (Å²) in [7, 11) is 0. The molecule has 1 heterocycles. The lowest BCUT2D eigenvalue weighted by Crippen LogP contribution is -2.23. The third-order valence-electron chi connectivity index (χ3n) is 5.23. The van der Waals surface area contributed by atoms with Gasteiger partial charge in [0.05, 0.1) is 0 Å². The highest BCUT2D eigenvalue weighted by Crippen LogP contribution is 2.22. The van der Waals surface area contributed by atoms with Gasteiger partial charge in [-0.2, -0.15) is 0 Å². The van der Waals surface area contributed by atoms with Crippen molar-refractivity contribution >= 4 is 23.1 Å². The molecule has 1 aromatic heterocycles. The number of nitrogens with zero attached hydrogens (tertiary/aromatic N) is 2. The molecule has 0 atom stereocenters. The topological polar surface area (TPSA) is 57.3 Å². The monoisotopic (exact) mass is 366 g/mol. The normalized spacial score (nSPS) is 14.6. The predicted molar refractivity (Wildman–Crippen MR) is 113 cm³/mol. The fourth-order valence-electron chi connectivity index (χ4n) is 3.65. The van der Waals surface area contributed by atoms with E-state index in [2.05, 4.69) is 34.4 Å². The first-order chi connectivity index (χ1) is 13.2. The molecule has 27 heavy (non-hydrogen) atoms. The number of carbonyl (C=O) groups is 1. The average molecular weight is 367 g/mol. The average Bonchev–Trinajstić information content (AvgIpc) is 2.71. The Kier molecular flexibility index (Phi) is 6.69. The van der Waals surface area contributed by atoms with Crippen LogP contribution in [0, 0.1) is 0 Å². The molecule has 0 bridgehead atoms. The van der Waals surface area contributed by atoms with Crippen molar-refractivity contribution in [2.75, 3.05) is 28.6 Å². The molecular formula is C22H30N4O. The fourth-order valence-corrected chi connectivity index (χ4v) is 3.65. The lowest BCUT2D eigenvalue weighted by molar-refractivity contribution is 0.102. The molecule has 3 rings (SSSR count). The second-order valence-corrected chi connectivity index (χ2v) is 7.08. The summed E-state index contributed by atoms with van der Waals surface area (Å²) in [5, 5.41) is 6.45. The van der Waals surface area contributed by atoms with E-state index in [1.54, 1.807) is 12.3 Å². The second kappa shape index (κ2) is 9.40. The Balaban J connectivity index is 1.62. The Hall–Kier alpha value is -2.56. The molecule has 144 valence electrons. The van der Waals surface area contributed by atoms with Crippen LogP contribution < -0.4 is 15.5 Å². The SMILES string of the molecule is CCN(CC)c1ccc(NC(=O)c2ccnc(NC3CCCCC3)c2)cc1. The summed E-state index contributed by atoms with van der Waals surface area (Å²) in [4.78, 5) is 19.3. The lowest BCUT2D eigenvalue weighted by Gasteiger charge is -2.23. The van der Waals surface area contributed by atoms with Gasteiger partial charge in [0.1, 0.15) is 5.82 Å². The number of rotatable bonds is 7. The zero-order valence-corrected chi connectivity index (χ0v) is 16.4. The molecular weight excluding hydrogens is 336 g/mol. The van der Waals surface area contributed by atoms with E-state index >= 15 is 0 Å². The largest absolute Gasteiger partial charge is 0.372 e. The van der Waals surface area contributed by atoms with E-state index in [-0.39, 0.29) is 5.91 Å². The predicted octanol–water partition coefficient (Wildman–Crippen LogP) is 4.92. The smallest absolute Gasteiger partial charge is 0.255 e. The number of anilines is 3. The number of nitrogens with one attached hydrogen (secondary N) is 2. The van der Waals surface area contributed by atoms with E-state index in [1.807, 2.05) is 30.3 Å². The van der Waals surface area contributed by atoms with E-state index in [0.29, 0.717) is 11.6 Å². The number of hydrogen-bond acceptors (Lipinski definition) is 4. The third kappa shape index (κ3) is 5.22. The van der Waals surface area contributed by atoms with Crippen molar-refractivity contribution in [2.24, 2.45) is 0 Å². The maximum absolute atomic E-state index is 12.6. The van der Waals surface area contributed by atoms with Gasteiger partial charge in [-0.1, -0.05) is 19.3 Å². The number of aromatic nitrogens is 1. The minimum atomic E-state index is -0.111. The highest BCUT2D eigenvalue weighted by atomic mass is 16.1. The fraction of sp³-hybridized carbons (Fsp3) is 0.455. The first kappa shape index (κ1) is 19.2. The van der Waals surface area contributed by atoms with Gasteiger partial charge in [0, 0.05) is 42.3 Å². The molecule has 0 spiro atoms. The van der Waals surface area contributed by atoms with Gasteiger partial charge >= 0.3 is 0 Å². The van der Waals surface area contributed by atoms with Gasteiger partial charge < -0.3 is 15.5 Å². The number of hydrogen-bond donors (Lipinski definition) is 2. The summed E-state index contributed by atoms with van der Waals surface area (Å²) in [5.41, 5.74) is 2.59. The zero-order chi connectivity index (χ0) is 19.1. The highest BCUT2D eigenvalue weighted by molar-refractivity contribution is 6.04. The van der Waals surface area contributed by atoms with Crippen molar-refractivity contribution < 1.29 is 4.79 Å². The Labute approximate surface area is 162 Å². The molecule has 1 aliphatic carbocycles. The quantitative estimate of drug-likeness (QED) is 0.730. The summed E-state index contributed by atoms with van der Waals surface area (Å²) in [5.74, 6) is 0.672. The Morgan fingerprint density at radius 1 is 1.07 bits per heavy atom. The van der Waals surface area contributed by atoms with Crippen LogP contribution in [0.25, 0.3) is 0 Å². The number of pyridine rings is 1. The summed E-state index contributed by atoms with van der Waals surface area (Å²) >= 11 is 0. The Morgan fingerprint density at radius 3 is 2.44 bits per heavy atom. The molecule has 1 aliphatic rings.